The fraction of sp³-hybridized carbons (Fsp3) is 0.312. The van der Waals surface area contributed by atoms with Crippen LogP contribution in [-0.2, 0) is 0 Å². The van der Waals surface area contributed by atoms with E-state index in [4.69, 9.17) is 0 Å². The first kappa shape index (κ1) is 15.9. The van der Waals surface area contributed by atoms with Crippen LogP contribution >= 0.6 is 0 Å². The number of rotatable bonds is 4. The van der Waals surface area contributed by atoms with Crippen LogP contribution in [0.15, 0.2) is 36.4 Å². The van der Waals surface area contributed by atoms with Crippen LogP contribution in [0.4, 0.5) is 17.2 Å². The summed E-state index contributed by atoms with van der Waals surface area (Å²) in [5.41, 5.74) is 0.428. The molecule has 1 N–H and O–H groups in total. The lowest BCUT2D eigenvalue weighted by Gasteiger charge is -2.27. The van der Waals surface area contributed by atoms with Gasteiger partial charge < -0.3 is 10.2 Å². The second-order valence-electron chi connectivity index (χ2n) is 5.59. The van der Waals surface area contributed by atoms with Gasteiger partial charge in [-0.15, -0.1) is 10.2 Å². The van der Waals surface area contributed by atoms with E-state index in [1.165, 1.54) is 24.6 Å². The molecule has 1 aromatic heterocycles. The van der Waals surface area contributed by atoms with Gasteiger partial charge in [0.2, 0.25) is 0 Å². The molecule has 2 heterocycles. The zero-order valence-corrected chi connectivity index (χ0v) is 13.0. The number of nitrogens with one attached hydrogen (secondary N) is 1. The fourth-order valence-electron chi connectivity index (χ4n) is 2.63. The van der Waals surface area contributed by atoms with E-state index in [1.807, 2.05) is 0 Å². The van der Waals surface area contributed by atoms with Crippen LogP contribution in [0, 0.1) is 10.1 Å². The van der Waals surface area contributed by atoms with Gasteiger partial charge in [-0.3, -0.25) is 14.9 Å². The SMILES string of the molecule is O=C(Nc1cccc([N+](=O)[O-])c1)c1ccc(N2CCCCC2)nn1. The quantitative estimate of drug-likeness (QED) is 0.684. The van der Waals surface area contributed by atoms with E-state index < -0.39 is 10.8 Å². The number of aromatic nitrogens is 2. The summed E-state index contributed by atoms with van der Waals surface area (Å²) in [6.07, 6.45) is 3.50. The Balaban J connectivity index is 1.68. The zero-order valence-electron chi connectivity index (χ0n) is 13.0. The van der Waals surface area contributed by atoms with Crippen molar-refractivity contribution in [1.82, 2.24) is 10.2 Å². The van der Waals surface area contributed by atoms with Gasteiger partial charge in [-0.1, -0.05) is 6.07 Å². The smallest absolute Gasteiger partial charge is 0.276 e. The number of hydrogen-bond acceptors (Lipinski definition) is 6. The first-order valence-corrected chi connectivity index (χ1v) is 7.78. The number of benzene rings is 1. The Hall–Kier alpha value is -3.03. The molecule has 124 valence electrons. The number of nitro groups is 1. The van der Waals surface area contributed by atoms with E-state index in [1.54, 1.807) is 18.2 Å². The summed E-state index contributed by atoms with van der Waals surface area (Å²) >= 11 is 0. The maximum atomic E-state index is 12.2. The summed E-state index contributed by atoms with van der Waals surface area (Å²) in [5, 5.41) is 21.4. The van der Waals surface area contributed by atoms with Gasteiger partial charge in [-0.25, -0.2) is 0 Å². The van der Waals surface area contributed by atoms with Gasteiger partial charge in [-0.2, -0.15) is 0 Å². The van der Waals surface area contributed by atoms with Crippen LogP contribution in [0.1, 0.15) is 29.8 Å². The van der Waals surface area contributed by atoms with E-state index >= 15 is 0 Å². The molecular formula is C16H17N5O3. The lowest BCUT2D eigenvalue weighted by Crippen LogP contribution is -2.30. The molecular weight excluding hydrogens is 310 g/mol. The summed E-state index contributed by atoms with van der Waals surface area (Å²) in [7, 11) is 0. The summed E-state index contributed by atoms with van der Waals surface area (Å²) < 4.78 is 0. The highest BCUT2D eigenvalue weighted by Gasteiger charge is 2.15. The van der Waals surface area contributed by atoms with E-state index in [0.717, 1.165) is 31.7 Å². The number of piperidine rings is 1. The Morgan fingerprint density at radius 1 is 1.12 bits per heavy atom. The second kappa shape index (κ2) is 7.03. The standard InChI is InChI=1S/C16H17N5O3/c22-16(17-12-5-4-6-13(11-12)21(23)24)14-7-8-15(19-18-14)20-9-2-1-3-10-20/h4-8,11H,1-3,9-10H2,(H,17,22). The Morgan fingerprint density at radius 3 is 2.58 bits per heavy atom. The van der Waals surface area contributed by atoms with Crippen molar-refractivity contribution in [2.24, 2.45) is 0 Å². The lowest BCUT2D eigenvalue weighted by atomic mass is 10.1. The molecule has 0 saturated carbocycles. The average Bonchev–Trinajstić information content (AvgIpc) is 2.63. The number of anilines is 2. The molecule has 0 radical (unpaired) electrons. The van der Waals surface area contributed by atoms with Gasteiger partial charge in [-0.05, 0) is 37.5 Å². The molecule has 0 unspecified atom stereocenters. The van der Waals surface area contributed by atoms with Crippen molar-refractivity contribution in [1.29, 1.82) is 0 Å². The van der Waals surface area contributed by atoms with Gasteiger partial charge in [0, 0.05) is 30.9 Å². The van der Waals surface area contributed by atoms with Crippen molar-refractivity contribution in [2.75, 3.05) is 23.3 Å². The number of nitro benzene ring substituents is 1. The predicted molar refractivity (Wildman–Crippen MR) is 89.1 cm³/mol. The Kier molecular flexibility index (Phi) is 4.64. The van der Waals surface area contributed by atoms with Crippen molar-refractivity contribution in [3.63, 3.8) is 0 Å². The van der Waals surface area contributed by atoms with Gasteiger partial charge in [0.25, 0.3) is 11.6 Å². The number of amides is 1. The normalized spacial score (nSPS) is 14.2. The molecule has 2 aromatic rings. The molecule has 1 amide bonds. The lowest BCUT2D eigenvalue weighted by molar-refractivity contribution is -0.384. The first-order chi connectivity index (χ1) is 11.6. The maximum Gasteiger partial charge on any atom is 0.276 e. The summed E-state index contributed by atoms with van der Waals surface area (Å²) in [6, 6.07) is 9.15. The van der Waals surface area contributed by atoms with E-state index in [9.17, 15) is 14.9 Å². The minimum Gasteiger partial charge on any atom is -0.355 e. The van der Waals surface area contributed by atoms with Crippen LogP contribution in [0.2, 0.25) is 0 Å². The summed E-state index contributed by atoms with van der Waals surface area (Å²) in [5.74, 6) is 0.315. The molecule has 0 bridgehead atoms. The third-order valence-electron chi connectivity index (χ3n) is 3.88. The van der Waals surface area contributed by atoms with Gasteiger partial charge in [0.05, 0.1) is 4.92 Å². The molecule has 24 heavy (non-hydrogen) atoms. The maximum absolute atomic E-state index is 12.2. The van der Waals surface area contributed by atoms with Crippen LogP contribution in [0.5, 0.6) is 0 Å². The number of non-ortho nitro benzene ring substituents is 1. The molecule has 1 saturated heterocycles. The second-order valence-corrected chi connectivity index (χ2v) is 5.59. The average molecular weight is 327 g/mol. The number of hydrogen-bond donors (Lipinski definition) is 1. The van der Waals surface area contributed by atoms with Crippen LogP contribution in [0.25, 0.3) is 0 Å². The molecule has 3 rings (SSSR count). The Morgan fingerprint density at radius 2 is 1.92 bits per heavy atom. The predicted octanol–water partition coefficient (Wildman–Crippen LogP) is 2.63. The van der Waals surface area contributed by atoms with Crippen LogP contribution < -0.4 is 10.2 Å². The first-order valence-electron chi connectivity index (χ1n) is 7.78. The zero-order chi connectivity index (χ0) is 16.9. The van der Waals surface area contributed by atoms with E-state index in [-0.39, 0.29) is 11.4 Å². The molecule has 1 fully saturated rings. The topological polar surface area (TPSA) is 101 Å². The van der Waals surface area contributed by atoms with Crippen molar-refractivity contribution in [3.8, 4) is 0 Å². The van der Waals surface area contributed by atoms with Crippen molar-refractivity contribution >= 4 is 23.1 Å². The van der Waals surface area contributed by atoms with Crippen molar-refractivity contribution in [2.45, 2.75) is 19.3 Å². The molecule has 8 nitrogen and oxygen atoms in total. The fourth-order valence-corrected chi connectivity index (χ4v) is 2.63. The van der Waals surface area contributed by atoms with Gasteiger partial charge in [0.1, 0.15) is 0 Å². The van der Waals surface area contributed by atoms with E-state index in [0.29, 0.717) is 5.69 Å². The number of carbonyl (C=O) groups is 1. The Labute approximate surface area is 138 Å². The summed E-state index contributed by atoms with van der Waals surface area (Å²) in [4.78, 5) is 24.6. The minimum atomic E-state index is -0.511. The minimum absolute atomic E-state index is 0.0840. The Bertz CT molecular complexity index is 742. The number of carbonyl (C=O) groups excluding carboxylic acids is 1. The third kappa shape index (κ3) is 3.65. The molecule has 0 aliphatic carbocycles. The monoisotopic (exact) mass is 327 g/mol. The largest absolute Gasteiger partial charge is 0.355 e. The van der Waals surface area contributed by atoms with Crippen LogP contribution in [0.3, 0.4) is 0 Å². The van der Waals surface area contributed by atoms with Crippen LogP contribution in [-0.4, -0.2) is 34.1 Å². The molecule has 1 aliphatic heterocycles. The molecule has 0 spiro atoms. The molecule has 1 aliphatic rings. The van der Waals surface area contributed by atoms with Crippen molar-refractivity contribution in [3.05, 3.63) is 52.2 Å². The highest BCUT2D eigenvalue weighted by molar-refractivity contribution is 6.02. The molecule has 1 aromatic carbocycles. The van der Waals surface area contributed by atoms with Crippen molar-refractivity contribution < 1.29 is 9.72 Å². The highest BCUT2D eigenvalue weighted by Crippen LogP contribution is 2.19. The number of nitrogens with zero attached hydrogens (tertiary/aromatic N) is 4. The molecule has 8 heteroatoms. The van der Waals surface area contributed by atoms with Gasteiger partial charge >= 0.3 is 0 Å². The highest BCUT2D eigenvalue weighted by atomic mass is 16.6. The summed E-state index contributed by atoms with van der Waals surface area (Å²) in [6.45, 7) is 1.90. The van der Waals surface area contributed by atoms with E-state index in [2.05, 4.69) is 20.4 Å². The molecule has 0 atom stereocenters. The van der Waals surface area contributed by atoms with Gasteiger partial charge in [0.15, 0.2) is 11.5 Å². The third-order valence-corrected chi connectivity index (χ3v) is 3.88.